The zero-order valence-corrected chi connectivity index (χ0v) is 7.75. The highest BCUT2D eigenvalue weighted by molar-refractivity contribution is 6.01. The summed E-state index contributed by atoms with van der Waals surface area (Å²) in [5.41, 5.74) is 0.695. The molecule has 0 atom stereocenters. The van der Waals surface area contributed by atoms with Gasteiger partial charge < -0.3 is 9.90 Å². The number of carboxylic acid groups (broad SMARTS) is 1. The molecule has 0 bridgehead atoms. The summed E-state index contributed by atoms with van der Waals surface area (Å²) in [6.07, 6.45) is 3.03. The molecular weight excluding hydrogens is 196 g/mol. The van der Waals surface area contributed by atoms with Gasteiger partial charge >= 0.3 is 5.97 Å². The number of carboxylic acids is 1. The molecule has 0 radical (unpaired) electrons. The Morgan fingerprint density at radius 1 is 1.20 bits per heavy atom. The first-order valence-electron chi connectivity index (χ1n) is 4.01. The normalized spacial score (nSPS) is 9.07. The lowest BCUT2D eigenvalue weighted by molar-refractivity contribution is -0.0980. The molecule has 5 heteroatoms. The average molecular weight is 204 g/mol. The van der Waals surface area contributed by atoms with Gasteiger partial charge in [-0.25, -0.2) is 14.8 Å². The standard InChI is InChI=1S/C9H6N2O2.CH2O/c12-9(13)7-3-5-11-8-6(7)2-1-4-10-8;1-2/h1-5H,(H,12,13);1H2. The van der Waals surface area contributed by atoms with E-state index < -0.39 is 5.97 Å². The smallest absolute Gasteiger partial charge is 0.336 e. The van der Waals surface area contributed by atoms with Crippen LogP contribution < -0.4 is 0 Å². The molecule has 0 aliphatic rings. The zero-order valence-electron chi connectivity index (χ0n) is 7.75. The lowest BCUT2D eigenvalue weighted by Gasteiger charge is -1.98. The molecule has 5 nitrogen and oxygen atoms in total. The van der Waals surface area contributed by atoms with E-state index in [2.05, 4.69) is 9.97 Å². The summed E-state index contributed by atoms with van der Waals surface area (Å²) in [7, 11) is 0. The number of nitrogens with zero attached hydrogens (tertiary/aromatic N) is 2. The summed E-state index contributed by atoms with van der Waals surface area (Å²) in [5, 5.41) is 9.39. The highest BCUT2D eigenvalue weighted by Crippen LogP contribution is 2.13. The highest BCUT2D eigenvalue weighted by atomic mass is 16.4. The maximum Gasteiger partial charge on any atom is 0.336 e. The Labute approximate surface area is 85.4 Å². The van der Waals surface area contributed by atoms with Crippen LogP contribution in [-0.4, -0.2) is 27.8 Å². The van der Waals surface area contributed by atoms with Crippen LogP contribution in [0.1, 0.15) is 10.4 Å². The molecule has 0 saturated heterocycles. The summed E-state index contributed by atoms with van der Waals surface area (Å²) in [5.74, 6) is -0.958. The number of hydrogen-bond donors (Lipinski definition) is 1. The molecule has 2 heterocycles. The predicted molar refractivity (Wildman–Crippen MR) is 53.6 cm³/mol. The van der Waals surface area contributed by atoms with Gasteiger partial charge in [0.25, 0.3) is 0 Å². The van der Waals surface area contributed by atoms with E-state index in [-0.39, 0.29) is 5.56 Å². The van der Waals surface area contributed by atoms with Gasteiger partial charge in [-0.1, -0.05) is 0 Å². The predicted octanol–water partition coefficient (Wildman–Crippen LogP) is 1.14. The molecule has 2 aromatic rings. The minimum Gasteiger partial charge on any atom is -0.478 e. The average Bonchev–Trinajstić information content (AvgIpc) is 2.31. The Morgan fingerprint density at radius 3 is 2.53 bits per heavy atom. The van der Waals surface area contributed by atoms with Crippen LogP contribution in [0.4, 0.5) is 0 Å². The van der Waals surface area contributed by atoms with Crippen LogP contribution in [0, 0.1) is 0 Å². The van der Waals surface area contributed by atoms with Crippen LogP contribution in [0.25, 0.3) is 11.0 Å². The van der Waals surface area contributed by atoms with Gasteiger partial charge in [-0.2, -0.15) is 0 Å². The second-order valence-corrected chi connectivity index (χ2v) is 2.54. The Morgan fingerprint density at radius 2 is 1.87 bits per heavy atom. The molecule has 0 unspecified atom stereocenters. The third-order valence-corrected chi connectivity index (χ3v) is 1.75. The highest BCUT2D eigenvalue weighted by Gasteiger charge is 2.07. The molecule has 0 amide bonds. The van der Waals surface area contributed by atoms with Gasteiger partial charge in [-0.05, 0) is 18.2 Å². The number of carbonyl (C=O) groups is 2. The molecule has 0 fully saturated rings. The van der Waals surface area contributed by atoms with E-state index in [0.29, 0.717) is 11.0 Å². The Balaban J connectivity index is 0.000000531. The molecule has 0 saturated carbocycles. The van der Waals surface area contributed by atoms with Crippen LogP contribution >= 0.6 is 0 Å². The SMILES string of the molecule is C=O.O=C(O)c1ccnc2ncccc12. The van der Waals surface area contributed by atoms with Crippen molar-refractivity contribution < 1.29 is 14.7 Å². The van der Waals surface area contributed by atoms with Crippen molar-refractivity contribution in [3.8, 4) is 0 Å². The van der Waals surface area contributed by atoms with Gasteiger partial charge in [0.15, 0.2) is 5.65 Å². The molecule has 2 rings (SSSR count). The maximum absolute atomic E-state index is 10.8. The molecule has 0 aliphatic carbocycles. The summed E-state index contributed by atoms with van der Waals surface area (Å²) in [6, 6.07) is 4.85. The van der Waals surface area contributed by atoms with Crippen molar-refractivity contribution in [2.45, 2.75) is 0 Å². The van der Waals surface area contributed by atoms with Crippen LogP contribution in [0.15, 0.2) is 30.6 Å². The van der Waals surface area contributed by atoms with E-state index in [4.69, 9.17) is 9.90 Å². The molecule has 1 N–H and O–H groups in total. The van der Waals surface area contributed by atoms with Crippen molar-refractivity contribution in [3.63, 3.8) is 0 Å². The van der Waals surface area contributed by atoms with Crippen LogP contribution in [0.5, 0.6) is 0 Å². The summed E-state index contributed by atoms with van der Waals surface area (Å²) in [6.45, 7) is 2.00. The van der Waals surface area contributed by atoms with Crippen molar-refractivity contribution in [2.75, 3.05) is 0 Å². The van der Waals surface area contributed by atoms with Crippen molar-refractivity contribution in [1.82, 2.24) is 9.97 Å². The second-order valence-electron chi connectivity index (χ2n) is 2.54. The number of carbonyl (C=O) groups excluding carboxylic acids is 1. The van der Waals surface area contributed by atoms with E-state index in [1.807, 2.05) is 6.79 Å². The van der Waals surface area contributed by atoms with Crippen LogP contribution in [-0.2, 0) is 4.79 Å². The third-order valence-electron chi connectivity index (χ3n) is 1.75. The third kappa shape index (κ3) is 2.14. The number of pyridine rings is 2. The van der Waals surface area contributed by atoms with E-state index in [1.54, 1.807) is 18.3 Å². The molecular formula is C10H8N2O3. The van der Waals surface area contributed by atoms with Gasteiger partial charge in [0, 0.05) is 17.8 Å². The minimum atomic E-state index is -0.958. The number of aromatic nitrogens is 2. The van der Waals surface area contributed by atoms with Gasteiger partial charge in [0.2, 0.25) is 0 Å². The second kappa shape index (κ2) is 4.80. The fourth-order valence-corrected chi connectivity index (χ4v) is 1.17. The Kier molecular flexibility index (Phi) is 3.45. The van der Waals surface area contributed by atoms with Gasteiger partial charge in [0.05, 0.1) is 5.56 Å². The fourth-order valence-electron chi connectivity index (χ4n) is 1.17. The molecule has 2 aromatic heterocycles. The lowest BCUT2D eigenvalue weighted by Crippen LogP contribution is -1.98. The van der Waals surface area contributed by atoms with Gasteiger partial charge in [-0.3, -0.25) is 0 Å². The molecule has 0 spiro atoms. The number of rotatable bonds is 1. The Hall–Kier alpha value is -2.30. The monoisotopic (exact) mass is 204 g/mol. The minimum absolute atomic E-state index is 0.234. The number of hydrogen-bond acceptors (Lipinski definition) is 4. The first-order valence-corrected chi connectivity index (χ1v) is 4.01. The van der Waals surface area contributed by atoms with E-state index >= 15 is 0 Å². The first-order chi connectivity index (χ1) is 7.29. The van der Waals surface area contributed by atoms with Crippen LogP contribution in [0.2, 0.25) is 0 Å². The molecule has 76 valence electrons. The first kappa shape index (κ1) is 10.8. The quantitative estimate of drug-likeness (QED) is 0.753. The van der Waals surface area contributed by atoms with Gasteiger partial charge in [0.1, 0.15) is 6.79 Å². The lowest BCUT2D eigenvalue weighted by atomic mass is 10.1. The van der Waals surface area contributed by atoms with E-state index in [1.165, 1.54) is 12.3 Å². The van der Waals surface area contributed by atoms with Crippen molar-refractivity contribution in [2.24, 2.45) is 0 Å². The summed E-state index contributed by atoms with van der Waals surface area (Å²) >= 11 is 0. The van der Waals surface area contributed by atoms with Gasteiger partial charge in [-0.15, -0.1) is 0 Å². The van der Waals surface area contributed by atoms with Crippen molar-refractivity contribution >= 4 is 23.8 Å². The summed E-state index contributed by atoms with van der Waals surface area (Å²) in [4.78, 5) is 26.7. The number of fused-ring (bicyclic) bond motifs is 1. The topological polar surface area (TPSA) is 80.2 Å². The molecule has 0 aromatic carbocycles. The molecule has 15 heavy (non-hydrogen) atoms. The fraction of sp³-hybridized carbons (Fsp3) is 0. The van der Waals surface area contributed by atoms with E-state index in [0.717, 1.165) is 0 Å². The maximum atomic E-state index is 10.8. The van der Waals surface area contributed by atoms with E-state index in [9.17, 15) is 4.79 Å². The molecule has 0 aliphatic heterocycles. The largest absolute Gasteiger partial charge is 0.478 e. The summed E-state index contributed by atoms with van der Waals surface area (Å²) < 4.78 is 0. The van der Waals surface area contributed by atoms with Crippen molar-refractivity contribution in [1.29, 1.82) is 0 Å². The van der Waals surface area contributed by atoms with Crippen molar-refractivity contribution in [3.05, 3.63) is 36.2 Å². The zero-order chi connectivity index (χ0) is 11.3. The van der Waals surface area contributed by atoms with Crippen LogP contribution in [0.3, 0.4) is 0 Å². The number of aromatic carboxylic acids is 1. The Bertz CT molecular complexity index is 480.